The summed E-state index contributed by atoms with van der Waals surface area (Å²) in [5.74, 6) is 1.50. The van der Waals surface area contributed by atoms with E-state index >= 15 is 0 Å². The highest BCUT2D eigenvalue weighted by molar-refractivity contribution is 6.29. The molecule has 1 aromatic heterocycles. The van der Waals surface area contributed by atoms with Crippen LogP contribution in [-0.2, 0) is 11.3 Å². The maximum absolute atomic E-state index is 5.95. The lowest BCUT2D eigenvalue weighted by atomic mass is 10.4. The molecule has 1 heterocycles. The van der Waals surface area contributed by atoms with Gasteiger partial charge in [0, 0.05) is 26.3 Å². The standard InChI is InChI=1S/C11H18ClN3O/c1-4-6-15(5-2)11-7-9(12)13-10(14-11)8-16-3/h7H,4-6,8H2,1-3H3. The van der Waals surface area contributed by atoms with Gasteiger partial charge in [-0.15, -0.1) is 0 Å². The average molecular weight is 244 g/mol. The van der Waals surface area contributed by atoms with Crippen LogP contribution in [0.1, 0.15) is 26.1 Å². The van der Waals surface area contributed by atoms with Gasteiger partial charge in [-0.2, -0.15) is 0 Å². The smallest absolute Gasteiger partial charge is 0.158 e. The molecule has 0 aliphatic rings. The molecule has 4 nitrogen and oxygen atoms in total. The van der Waals surface area contributed by atoms with Crippen molar-refractivity contribution in [1.29, 1.82) is 0 Å². The van der Waals surface area contributed by atoms with Crippen LogP contribution in [-0.4, -0.2) is 30.2 Å². The third-order valence-electron chi connectivity index (χ3n) is 2.20. The Morgan fingerprint density at radius 3 is 2.69 bits per heavy atom. The summed E-state index contributed by atoms with van der Waals surface area (Å²) < 4.78 is 5.01. The van der Waals surface area contributed by atoms with Crippen molar-refractivity contribution in [2.45, 2.75) is 26.9 Å². The van der Waals surface area contributed by atoms with E-state index in [1.165, 1.54) is 0 Å². The summed E-state index contributed by atoms with van der Waals surface area (Å²) >= 11 is 5.95. The van der Waals surface area contributed by atoms with Gasteiger partial charge in [0.1, 0.15) is 17.6 Å². The summed E-state index contributed by atoms with van der Waals surface area (Å²) in [6.07, 6.45) is 1.08. The first-order valence-electron chi connectivity index (χ1n) is 5.48. The molecule has 0 aromatic carbocycles. The molecule has 5 heteroatoms. The Morgan fingerprint density at radius 2 is 2.12 bits per heavy atom. The molecule has 0 unspecified atom stereocenters. The number of hydrogen-bond donors (Lipinski definition) is 0. The van der Waals surface area contributed by atoms with Crippen LogP contribution in [0.15, 0.2) is 6.07 Å². The number of methoxy groups -OCH3 is 1. The van der Waals surface area contributed by atoms with E-state index < -0.39 is 0 Å². The van der Waals surface area contributed by atoms with E-state index in [4.69, 9.17) is 16.3 Å². The number of anilines is 1. The topological polar surface area (TPSA) is 38.2 Å². The van der Waals surface area contributed by atoms with Crippen molar-refractivity contribution in [3.63, 3.8) is 0 Å². The molecule has 0 aliphatic heterocycles. The fourth-order valence-electron chi connectivity index (χ4n) is 1.51. The average Bonchev–Trinajstić information content (AvgIpc) is 2.25. The molecular weight excluding hydrogens is 226 g/mol. The minimum Gasteiger partial charge on any atom is -0.377 e. The molecule has 0 N–H and O–H groups in total. The molecule has 1 rings (SSSR count). The van der Waals surface area contributed by atoms with Gasteiger partial charge in [-0.25, -0.2) is 9.97 Å². The Kier molecular flexibility index (Phi) is 5.49. The van der Waals surface area contributed by atoms with Gasteiger partial charge in [0.2, 0.25) is 0 Å². The van der Waals surface area contributed by atoms with E-state index in [0.29, 0.717) is 17.6 Å². The molecule has 0 saturated heterocycles. The molecule has 90 valence electrons. The Labute approximate surface area is 102 Å². The van der Waals surface area contributed by atoms with E-state index in [2.05, 4.69) is 28.7 Å². The first-order chi connectivity index (χ1) is 7.71. The van der Waals surface area contributed by atoms with Crippen LogP contribution in [0.2, 0.25) is 5.15 Å². The quantitative estimate of drug-likeness (QED) is 0.720. The van der Waals surface area contributed by atoms with Crippen molar-refractivity contribution >= 4 is 17.4 Å². The summed E-state index contributed by atoms with van der Waals surface area (Å²) in [4.78, 5) is 10.7. The van der Waals surface area contributed by atoms with Crippen molar-refractivity contribution in [2.24, 2.45) is 0 Å². The maximum Gasteiger partial charge on any atom is 0.158 e. The van der Waals surface area contributed by atoms with Crippen LogP contribution in [0.25, 0.3) is 0 Å². The lowest BCUT2D eigenvalue weighted by Crippen LogP contribution is -2.25. The van der Waals surface area contributed by atoms with E-state index in [-0.39, 0.29) is 0 Å². The predicted octanol–water partition coefficient (Wildman–Crippen LogP) is 2.51. The second-order valence-corrected chi connectivity index (χ2v) is 3.87. The van der Waals surface area contributed by atoms with Gasteiger partial charge in [-0.1, -0.05) is 18.5 Å². The Bertz CT molecular complexity index is 333. The zero-order valence-corrected chi connectivity index (χ0v) is 10.8. The van der Waals surface area contributed by atoms with Gasteiger partial charge >= 0.3 is 0 Å². The van der Waals surface area contributed by atoms with Gasteiger partial charge in [-0.05, 0) is 13.3 Å². The minimum absolute atomic E-state index is 0.386. The second-order valence-electron chi connectivity index (χ2n) is 3.48. The highest BCUT2D eigenvalue weighted by Gasteiger charge is 2.08. The first kappa shape index (κ1) is 13.2. The van der Waals surface area contributed by atoms with Gasteiger partial charge in [0.15, 0.2) is 5.82 Å². The molecule has 0 amide bonds. The van der Waals surface area contributed by atoms with Crippen molar-refractivity contribution in [3.8, 4) is 0 Å². The fraction of sp³-hybridized carbons (Fsp3) is 0.636. The molecule has 0 aliphatic carbocycles. The van der Waals surface area contributed by atoms with Crippen LogP contribution in [0.4, 0.5) is 5.82 Å². The normalized spacial score (nSPS) is 10.5. The summed E-state index contributed by atoms with van der Waals surface area (Å²) in [6.45, 7) is 6.50. The molecule has 0 spiro atoms. The van der Waals surface area contributed by atoms with Crippen molar-refractivity contribution in [2.75, 3.05) is 25.1 Å². The zero-order valence-electron chi connectivity index (χ0n) is 10.0. The van der Waals surface area contributed by atoms with Gasteiger partial charge in [0.05, 0.1) is 0 Å². The molecule has 1 aromatic rings. The van der Waals surface area contributed by atoms with Gasteiger partial charge in [-0.3, -0.25) is 0 Å². The lowest BCUT2D eigenvalue weighted by Gasteiger charge is -2.21. The molecular formula is C11H18ClN3O. The van der Waals surface area contributed by atoms with E-state index in [1.54, 1.807) is 13.2 Å². The monoisotopic (exact) mass is 243 g/mol. The third kappa shape index (κ3) is 3.61. The summed E-state index contributed by atoms with van der Waals surface area (Å²) in [7, 11) is 1.62. The number of aromatic nitrogens is 2. The lowest BCUT2D eigenvalue weighted by molar-refractivity contribution is 0.178. The van der Waals surface area contributed by atoms with Crippen LogP contribution >= 0.6 is 11.6 Å². The first-order valence-corrected chi connectivity index (χ1v) is 5.86. The molecule has 0 atom stereocenters. The van der Waals surface area contributed by atoms with E-state index in [1.807, 2.05) is 0 Å². The Hall–Kier alpha value is -0.870. The second kappa shape index (κ2) is 6.66. The van der Waals surface area contributed by atoms with Crippen LogP contribution in [0.5, 0.6) is 0 Å². The molecule has 0 fully saturated rings. The molecule has 0 bridgehead atoms. The number of halogens is 1. The van der Waals surface area contributed by atoms with Crippen LogP contribution in [0.3, 0.4) is 0 Å². The fourth-order valence-corrected chi connectivity index (χ4v) is 1.71. The molecule has 0 saturated carbocycles. The van der Waals surface area contributed by atoms with Gasteiger partial charge in [0.25, 0.3) is 0 Å². The third-order valence-corrected chi connectivity index (χ3v) is 2.39. The van der Waals surface area contributed by atoms with Crippen LogP contribution < -0.4 is 4.90 Å². The predicted molar refractivity (Wildman–Crippen MR) is 65.9 cm³/mol. The molecule has 16 heavy (non-hydrogen) atoms. The summed E-state index contributed by atoms with van der Waals surface area (Å²) in [5, 5.41) is 0.464. The SMILES string of the molecule is CCCN(CC)c1cc(Cl)nc(COC)n1. The number of nitrogens with zero attached hydrogens (tertiary/aromatic N) is 3. The largest absolute Gasteiger partial charge is 0.377 e. The number of ether oxygens (including phenoxy) is 1. The van der Waals surface area contributed by atoms with E-state index in [9.17, 15) is 0 Å². The highest BCUT2D eigenvalue weighted by atomic mass is 35.5. The minimum atomic E-state index is 0.386. The summed E-state index contributed by atoms with van der Waals surface area (Å²) in [5.41, 5.74) is 0. The Morgan fingerprint density at radius 1 is 1.38 bits per heavy atom. The molecule has 0 radical (unpaired) electrons. The number of rotatable bonds is 6. The van der Waals surface area contributed by atoms with Gasteiger partial charge < -0.3 is 9.64 Å². The van der Waals surface area contributed by atoms with Crippen molar-refractivity contribution < 1.29 is 4.74 Å². The maximum atomic E-state index is 5.95. The van der Waals surface area contributed by atoms with E-state index in [0.717, 1.165) is 25.3 Å². The highest BCUT2D eigenvalue weighted by Crippen LogP contribution is 2.16. The van der Waals surface area contributed by atoms with Crippen molar-refractivity contribution in [3.05, 3.63) is 17.0 Å². The van der Waals surface area contributed by atoms with Crippen molar-refractivity contribution in [1.82, 2.24) is 9.97 Å². The number of hydrogen-bond acceptors (Lipinski definition) is 4. The van der Waals surface area contributed by atoms with Crippen LogP contribution in [0, 0.1) is 0 Å². The summed E-state index contributed by atoms with van der Waals surface area (Å²) in [6, 6.07) is 1.79. The zero-order chi connectivity index (χ0) is 12.0. The Balaban J connectivity index is 2.92.